The fourth-order valence-corrected chi connectivity index (χ4v) is 2.42. The molecular weight excluding hydrogens is 268 g/mol. The Hall–Kier alpha value is -0.560. The van der Waals surface area contributed by atoms with E-state index in [4.69, 9.17) is 0 Å². The summed E-state index contributed by atoms with van der Waals surface area (Å²) >= 11 is 1.72. The number of hydrogen-bond acceptors (Lipinski definition) is 4. The van der Waals surface area contributed by atoms with Crippen LogP contribution in [-0.4, -0.2) is 34.0 Å². The number of rotatable bonds is 7. The zero-order chi connectivity index (χ0) is 13.6. The lowest BCUT2D eigenvalue weighted by Gasteiger charge is -2.14. The molecule has 1 atom stereocenters. The molecule has 6 heteroatoms. The molecule has 4 nitrogen and oxygen atoms in total. The van der Waals surface area contributed by atoms with Gasteiger partial charge in [0.15, 0.2) is 0 Å². The van der Waals surface area contributed by atoms with Crippen LogP contribution in [0.1, 0.15) is 18.5 Å². The molecule has 0 aliphatic rings. The van der Waals surface area contributed by atoms with Crippen molar-refractivity contribution in [3.05, 3.63) is 29.8 Å². The lowest BCUT2D eigenvalue weighted by Crippen LogP contribution is -2.32. The molecule has 1 rings (SSSR count). The fourth-order valence-electron chi connectivity index (χ4n) is 1.54. The summed E-state index contributed by atoms with van der Waals surface area (Å²) in [5, 5.41) is 3.28. The van der Waals surface area contributed by atoms with Gasteiger partial charge in [0.2, 0.25) is 10.0 Å². The van der Waals surface area contributed by atoms with Crippen LogP contribution < -0.4 is 10.0 Å². The van der Waals surface area contributed by atoms with Crippen LogP contribution in [0.2, 0.25) is 0 Å². The lowest BCUT2D eigenvalue weighted by molar-refractivity contribution is 0.556. The van der Waals surface area contributed by atoms with Gasteiger partial charge >= 0.3 is 0 Å². The van der Waals surface area contributed by atoms with Crippen molar-refractivity contribution >= 4 is 21.8 Å². The van der Waals surface area contributed by atoms with E-state index in [0.29, 0.717) is 13.1 Å². The van der Waals surface area contributed by atoms with Gasteiger partial charge in [-0.15, -0.1) is 11.8 Å². The van der Waals surface area contributed by atoms with E-state index in [2.05, 4.69) is 41.2 Å². The molecular formula is C12H20N2O2S2. The second-order valence-corrected chi connectivity index (χ2v) is 6.83. The van der Waals surface area contributed by atoms with Crippen molar-refractivity contribution in [3.8, 4) is 0 Å². The van der Waals surface area contributed by atoms with Gasteiger partial charge in [-0.25, -0.2) is 13.1 Å². The molecule has 0 amide bonds. The van der Waals surface area contributed by atoms with Crippen molar-refractivity contribution in [1.29, 1.82) is 0 Å². The molecule has 0 saturated carbocycles. The number of benzene rings is 1. The van der Waals surface area contributed by atoms with E-state index in [-0.39, 0.29) is 6.04 Å². The van der Waals surface area contributed by atoms with Crippen LogP contribution in [0.5, 0.6) is 0 Å². The van der Waals surface area contributed by atoms with Gasteiger partial charge in [-0.1, -0.05) is 12.1 Å². The Morgan fingerprint density at radius 1 is 1.22 bits per heavy atom. The summed E-state index contributed by atoms with van der Waals surface area (Å²) in [6.07, 6.45) is 3.21. The minimum atomic E-state index is -3.09. The minimum absolute atomic E-state index is 0.210. The first kappa shape index (κ1) is 15.5. The second-order valence-electron chi connectivity index (χ2n) is 4.12. The molecule has 1 unspecified atom stereocenters. The Labute approximate surface area is 114 Å². The van der Waals surface area contributed by atoms with Gasteiger partial charge in [0.25, 0.3) is 0 Å². The SMILES string of the molecule is CSc1ccc(C(C)NCCNS(C)(=O)=O)cc1. The first-order valence-electron chi connectivity index (χ1n) is 5.74. The van der Waals surface area contributed by atoms with Crippen LogP contribution in [0.25, 0.3) is 0 Å². The van der Waals surface area contributed by atoms with Crippen molar-refractivity contribution in [2.24, 2.45) is 0 Å². The topological polar surface area (TPSA) is 58.2 Å². The van der Waals surface area contributed by atoms with E-state index in [1.54, 1.807) is 11.8 Å². The zero-order valence-electron chi connectivity index (χ0n) is 10.9. The maximum atomic E-state index is 10.9. The van der Waals surface area contributed by atoms with Gasteiger partial charge in [-0.3, -0.25) is 0 Å². The monoisotopic (exact) mass is 288 g/mol. The largest absolute Gasteiger partial charge is 0.309 e. The van der Waals surface area contributed by atoms with Crippen LogP contribution in [0.15, 0.2) is 29.2 Å². The average Bonchev–Trinajstić information content (AvgIpc) is 2.33. The molecule has 0 aliphatic heterocycles. The van der Waals surface area contributed by atoms with Crippen LogP contribution >= 0.6 is 11.8 Å². The van der Waals surface area contributed by atoms with E-state index in [1.165, 1.54) is 10.5 Å². The molecule has 1 aromatic rings. The van der Waals surface area contributed by atoms with Gasteiger partial charge in [0.1, 0.15) is 0 Å². The van der Waals surface area contributed by atoms with Crippen LogP contribution in [0, 0.1) is 0 Å². The molecule has 0 aromatic heterocycles. The summed E-state index contributed by atoms with van der Waals surface area (Å²) < 4.78 is 24.2. The maximum Gasteiger partial charge on any atom is 0.208 e. The van der Waals surface area contributed by atoms with Gasteiger partial charge in [0, 0.05) is 24.0 Å². The molecule has 0 aliphatic carbocycles. The lowest BCUT2D eigenvalue weighted by atomic mass is 10.1. The molecule has 0 spiro atoms. The highest BCUT2D eigenvalue weighted by Gasteiger charge is 2.05. The summed E-state index contributed by atoms with van der Waals surface area (Å²) in [7, 11) is -3.09. The van der Waals surface area contributed by atoms with E-state index in [9.17, 15) is 8.42 Å². The van der Waals surface area contributed by atoms with Crippen molar-refractivity contribution in [1.82, 2.24) is 10.0 Å². The Morgan fingerprint density at radius 3 is 2.33 bits per heavy atom. The summed E-state index contributed by atoms with van der Waals surface area (Å²) in [5.74, 6) is 0. The summed E-state index contributed by atoms with van der Waals surface area (Å²) in [4.78, 5) is 1.24. The summed E-state index contributed by atoms with van der Waals surface area (Å²) in [6.45, 7) is 3.08. The Bertz CT molecular complexity index is 457. The molecule has 1 aromatic carbocycles. The number of nitrogens with one attached hydrogen (secondary N) is 2. The van der Waals surface area contributed by atoms with Crippen LogP contribution in [-0.2, 0) is 10.0 Å². The molecule has 0 fully saturated rings. The Balaban J connectivity index is 2.38. The van der Waals surface area contributed by atoms with E-state index in [1.807, 2.05) is 6.26 Å². The third-order valence-electron chi connectivity index (χ3n) is 2.56. The Kier molecular flexibility index (Phi) is 6.14. The van der Waals surface area contributed by atoms with E-state index in [0.717, 1.165) is 6.26 Å². The highest BCUT2D eigenvalue weighted by molar-refractivity contribution is 7.98. The fraction of sp³-hybridized carbons (Fsp3) is 0.500. The third kappa shape index (κ3) is 5.86. The first-order chi connectivity index (χ1) is 8.42. The number of hydrogen-bond donors (Lipinski definition) is 2. The first-order valence-corrected chi connectivity index (χ1v) is 8.86. The second kappa shape index (κ2) is 7.13. The molecule has 2 N–H and O–H groups in total. The number of sulfonamides is 1. The predicted octanol–water partition coefficient (Wildman–Crippen LogP) is 1.61. The van der Waals surface area contributed by atoms with Gasteiger partial charge in [0.05, 0.1) is 6.26 Å². The molecule has 18 heavy (non-hydrogen) atoms. The van der Waals surface area contributed by atoms with Crippen molar-refractivity contribution < 1.29 is 8.42 Å². The minimum Gasteiger partial charge on any atom is -0.309 e. The normalized spacial score (nSPS) is 13.5. The molecule has 0 radical (unpaired) electrons. The Morgan fingerprint density at radius 2 is 1.83 bits per heavy atom. The van der Waals surface area contributed by atoms with Crippen molar-refractivity contribution in [2.75, 3.05) is 25.6 Å². The third-order valence-corrected chi connectivity index (χ3v) is 4.03. The van der Waals surface area contributed by atoms with E-state index >= 15 is 0 Å². The van der Waals surface area contributed by atoms with Crippen LogP contribution in [0.3, 0.4) is 0 Å². The van der Waals surface area contributed by atoms with Crippen LogP contribution in [0.4, 0.5) is 0 Å². The van der Waals surface area contributed by atoms with E-state index < -0.39 is 10.0 Å². The summed E-state index contributed by atoms with van der Waals surface area (Å²) in [5.41, 5.74) is 1.20. The maximum absolute atomic E-state index is 10.9. The van der Waals surface area contributed by atoms with Crippen molar-refractivity contribution in [2.45, 2.75) is 17.9 Å². The quantitative estimate of drug-likeness (QED) is 0.591. The molecule has 0 saturated heterocycles. The van der Waals surface area contributed by atoms with Gasteiger partial charge in [-0.05, 0) is 30.9 Å². The highest BCUT2D eigenvalue weighted by Crippen LogP contribution is 2.18. The number of thioether (sulfide) groups is 1. The smallest absolute Gasteiger partial charge is 0.208 e. The standard InChI is InChI=1S/C12H20N2O2S2/c1-10(13-8-9-14-18(3,15)16)11-4-6-12(17-2)7-5-11/h4-7,10,13-14H,8-9H2,1-3H3. The molecule has 0 heterocycles. The summed E-state index contributed by atoms with van der Waals surface area (Å²) in [6, 6.07) is 8.57. The predicted molar refractivity (Wildman–Crippen MR) is 77.5 cm³/mol. The van der Waals surface area contributed by atoms with Gasteiger partial charge < -0.3 is 5.32 Å². The zero-order valence-corrected chi connectivity index (χ0v) is 12.6. The highest BCUT2D eigenvalue weighted by atomic mass is 32.2. The average molecular weight is 288 g/mol. The molecule has 0 bridgehead atoms. The van der Waals surface area contributed by atoms with Gasteiger partial charge in [-0.2, -0.15) is 0 Å². The molecule has 102 valence electrons. The van der Waals surface area contributed by atoms with Crippen molar-refractivity contribution in [3.63, 3.8) is 0 Å².